The highest BCUT2D eigenvalue weighted by atomic mass is 31.1. The first-order chi connectivity index (χ1) is 11.2. The molecule has 0 saturated heterocycles. The first-order valence-corrected chi connectivity index (χ1v) is 8.95. The Morgan fingerprint density at radius 1 is 1.04 bits per heavy atom. The Morgan fingerprint density at radius 2 is 1.78 bits per heavy atom. The number of methoxy groups -OCH3 is 1. The molecule has 0 aromatic heterocycles. The van der Waals surface area contributed by atoms with Gasteiger partial charge in [0.2, 0.25) is 0 Å². The minimum Gasteiger partial charge on any atom is -0.467 e. The quantitative estimate of drug-likeness (QED) is 0.596. The third-order valence-corrected chi connectivity index (χ3v) is 5.35. The van der Waals surface area contributed by atoms with E-state index < -0.39 is 0 Å². The van der Waals surface area contributed by atoms with Gasteiger partial charge in [-0.15, -0.1) is 0 Å². The van der Waals surface area contributed by atoms with Crippen LogP contribution < -0.4 is 20.7 Å². The molecule has 4 heteroatoms. The lowest BCUT2D eigenvalue weighted by atomic mass is 10.1. The van der Waals surface area contributed by atoms with Gasteiger partial charge in [0.1, 0.15) is 5.75 Å². The third kappa shape index (κ3) is 4.78. The number of benzene rings is 2. The van der Waals surface area contributed by atoms with E-state index >= 15 is 0 Å². The fourth-order valence-corrected chi connectivity index (χ4v) is 3.95. The van der Waals surface area contributed by atoms with Crippen molar-refractivity contribution in [3.8, 4) is 5.75 Å². The number of nitrogens with one attached hydrogen (secondary N) is 1. The van der Waals surface area contributed by atoms with Crippen LogP contribution in [0.2, 0.25) is 0 Å². The molecule has 0 bridgehead atoms. The average Bonchev–Trinajstić information content (AvgIpc) is 2.55. The highest BCUT2D eigenvalue weighted by Crippen LogP contribution is 2.25. The molecule has 3 nitrogen and oxygen atoms in total. The summed E-state index contributed by atoms with van der Waals surface area (Å²) in [6.45, 7) is 8.55. The Hall–Kier alpha value is -1.41. The molecule has 0 spiro atoms. The van der Waals surface area contributed by atoms with Crippen molar-refractivity contribution in [2.45, 2.75) is 27.3 Å². The zero-order valence-corrected chi connectivity index (χ0v) is 15.4. The molecule has 0 aliphatic carbocycles. The highest BCUT2D eigenvalue weighted by Gasteiger charge is 2.12. The van der Waals surface area contributed by atoms with Crippen molar-refractivity contribution < 1.29 is 9.47 Å². The van der Waals surface area contributed by atoms with Gasteiger partial charge in [-0.3, -0.25) is 0 Å². The van der Waals surface area contributed by atoms with E-state index in [2.05, 4.69) is 62.5 Å². The number of ether oxygens (including phenoxy) is 2. The van der Waals surface area contributed by atoms with E-state index in [-0.39, 0.29) is 6.79 Å². The number of hydrogen-bond acceptors (Lipinski definition) is 3. The van der Waals surface area contributed by atoms with Crippen molar-refractivity contribution >= 4 is 19.2 Å². The number of aryl methyl sites for hydroxylation is 2. The van der Waals surface area contributed by atoms with E-state index in [1.165, 1.54) is 21.7 Å². The molecule has 0 amide bonds. The Kier molecular flexibility index (Phi) is 7.04. The van der Waals surface area contributed by atoms with Crippen LogP contribution in [-0.2, 0) is 11.3 Å². The molecule has 2 rings (SSSR count). The van der Waals surface area contributed by atoms with Crippen LogP contribution in [0.4, 0.5) is 0 Å². The molecule has 124 valence electrons. The SMILES string of the molecule is CCNCc1cccc(C)c1Pc1cccc(C)c1OCOC. The molecule has 1 N–H and O–H groups in total. The Bertz CT molecular complexity index is 643. The van der Waals surface area contributed by atoms with Crippen LogP contribution in [0, 0.1) is 13.8 Å². The van der Waals surface area contributed by atoms with Crippen molar-refractivity contribution in [2.24, 2.45) is 0 Å². The van der Waals surface area contributed by atoms with Crippen molar-refractivity contribution in [3.05, 3.63) is 53.1 Å². The lowest BCUT2D eigenvalue weighted by Gasteiger charge is -2.17. The zero-order valence-electron chi connectivity index (χ0n) is 14.4. The topological polar surface area (TPSA) is 30.5 Å². The van der Waals surface area contributed by atoms with Crippen LogP contribution in [-0.4, -0.2) is 20.4 Å². The maximum Gasteiger partial charge on any atom is 0.188 e. The summed E-state index contributed by atoms with van der Waals surface area (Å²) in [4.78, 5) is 0. The Labute approximate surface area is 141 Å². The zero-order chi connectivity index (χ0) is 16.7. The fraction of sp³-hybridized carbons (Fsp3) is 0.368. The summed E-state index contributed by atoms with van der Waals surface area (Å²) in [6.07, 6.45) is 0. The predicted molar refractivity (Wildman–Crippen MR) is 99.8 cm³/mol. The summed E-state index contributed by atoms with van der Waals surface area (Å²) in [5, 5.41) is 6.07. The van der Waals surface area contributed by atoms with Gasteiger partial charge in [0.25, 0.3) is 0 Å². The predicted octanol–water partition coefficient (Wildman–Crippen LogP) is 3.02. The van der Waals surface area contributed by atoms with Crippen molar-refractivity contribution in [1.82, 2.24) is 5.32 Å². The van der Waals surface area contributed by atoms with E-state index in [4.69, 9.17) is 9.47 Å². The summed E-state index contributed by atoms with van der Waals surface area (Å²) in [5.41, 5.74) is 3.84. The maximum absolute atomic E-state index is 5.82. The third-order valence-electron chi connectivity index (χ3n) is 3.72. The normalized spacial score (nSPS) is 11.3. The molecule has 2 aromatic carbocycles. The maximum atomic E-state index is 5.82. The summed E-state index contributed by atoms with van der Waals surface area (Å²) in [6, 6.07) is 12.9. The number of rotatable bonds is 8. The molecule has 0 radical (unpaired) electrons. The largest absolute Gasteiger partial charge is 0.467 e. The summed E-state index contributed by atoms with van der Waals surface area (Å²) < 4.78 is 10.9. The molecule has 23 heavy (non-hydrogen) atoms. The van der Waals surface area contributed by atoms with E-state index in [1.807, 2.05) is 0 Å². The summed E-state index contributed by atoms with van der Waals surface area (Å²) >= 11 is 0. The molecular weight excluding hydrogens is 305 g/mol. The minimum absolute atomic E-state index is 0.278. The van der Waals surface area contributed by atoms with Crippen LogP contribution in [0.5, 0.6) is 5.75 Å². The van der Waals surface area contributed by atoms with Gasteiger partial charge in [-0.05, 0) is 42.4 Å². The van der Waals surface area contributed by atoms with Gasteiger partial charge in [0.15, 0.2) is 6.79 Å². The lowest BCUT2D eigenvalue weighted by Crippen LogP contribution is -2.20. The number of hydrogen-bond donors (Lipinski definition) is 1. The fourth-order valence-electron chi connectivity index (χ4n) is 2.51. The van der Waals surface area contributed by atoms with Gasteiger partial charge in [-0.1, -0.05) is 51.9 Å². The van der Waals surface area contributed by atoms with Crippen molar-refractivity contribution in [2.75, 3.05) is 20.4 Å². The molecule has 0 aliphatic heterocycles. The van der Waals surface area contributed by atoms with Crippen molar-refractivity contribution in [1.29, 1.82) is 0 Å². The van der Waals surface area contributed by atoms with E-state index in [9.17, 15) is 0 Å². The highest BCUT2D eigenvalue weighted by molar-refractivity contribution is 7.56. The average molecular weight is 331 g/mol. The van der Waals surface area contributed by atoms with Crippen LogP contribution in [0.25, 0.3) is 0 Å². The smallest absolute Gasteiger partial charge is 0.188 e. The first kappa shape index (κ1) is 17.9. The second-order valence-corrected chi connectivity index (χ2v) is 6.81. The summed E-state index contributed by atoms with van der Waals surface area (Å²) in [7, 11) is 2.22. The van der Waals surface area contributed by atoms with Crippen molar-refractivity contribution in [3.63, 3.8) is 0 Å². The van der Waals surface area contributed by atoms with Crippen LogP contribution in [0.15, 0.2) is 36.4 Å². The molecule has 0 aliphatic rings. The lowest BCUT2D eigenvalue weighted by molar-refractivity contribution is 0.0514. The molecule has 0 fully saturated rings. The second kappa shape index (κ2) is 9.02. The first-order valence-electron chi connectivity index (χ1n) is 7.95. The minimum atomic E-state index is 0.278. The Balaban J connectivity index is 2.33. The van der Waals surface area contributed by atoms with Gasteiger partial charge in [0, 0.05) is 19.0 Å². The molecule has 0 heterocycles. The monoisotopic (exact) mass is 331 g/mol. The molecule has 1 unspecified atom stereocenters. The number of para-hydroxylation sites is 1. The molecule has 0 saturated carbocycles. The molecular formula is C19H26NO2P. The molecule has 2 aromatic rings. The molecule has 1 atom stereocenters. The van der Waals surface area contributed by atoms with Gasteiger partial charge in [-0.2, -0.15) is 0 Å². The van der Waals surface area contributed by atoms with Gasteiger partial charge >= 0.3 is 0 Å². The summed E-state index contributed by atoms with van der Waals surface area (Å²) in [5.74, 6) is 0.949. The second-order valence-electron chi connectivity index (χ2n) is 5.52. The standard InChI is InChI=1S/C19H26NO2P/c1-5-20-12-16-10-6-9-15(3)19(16)23-17-11-7-8-14(2)18(17)22-13-21-4/h6-11,20,23H,5,12-13H2,1-4H3. The van der Waals surface area contributed by atoms with Crippen LogP contribution in [0.3, 0.4) is 0 Å². The van der Waals surface area contributed by atoms with E-state index in [0.717, 1.165) is 24.4 Å². The van der Waals surface area contributed by atoms with Crippen LogP contribution in [0.1, 0.15) is 23.6 Å². The van der Waals surface area contributed by atoms with Gasteiger partial charge in [-0.25, -0.2) is 0 Å². The van der Waals surface area contributed by atoms with E-state index in [1.54, 1.807) is 7.11 Å². The Morgan fingerprint density at radius 3 is 2.52 bits per heavy atom. The van der Waals surface area contributed by atoms with E-state index in [0.29, 0.717) is 8.58 Å². The van der Waals surface area contributed by atoms with Gasteiger partial charge < -0.3 is 14.8 Å². The van der Waals surface area contributed by atoms with Crippen LogP contribution >= 0.6 is 8.58 Å². The van der Waals surface area contributed by atoms with Gasteiger partial charge in [0.05, 0.1) is 0 Å².